The van der Waals surface area contributed by atoms with E-state index < -0.39 is 12.0 Å². The molecule has 0 saturated carbocycles. The number of thiol groups is 1. The fourth-order valence-electron chi connectivity index (χ4n) is 3.61. The van der Waals surface area contributed by atoms with Crippen LogP contribution in [-0.2, 0) is 9.59 Å². The lowest BCUT2D eigenvalue weighted by molar-refractivity contribution is -0.149. The van der Waals surface area contributed by atoms with Gasteiger partial charge in [-0.05, 0) is 30.9 Å². The highest BCUT2D eigenvalue weighted by molar-refractivity contribution is 7.80. The lowest BCUT2D eigenvalue weighted by atomic mass is 9.95. The molecule has 8 heteroatoms. The number of hydrogen-bond acceptors (Lipinski definition) is 5. The van der Waals surface area contributed by atoms with E-state index in [2.05, 4.69) is 31.6 Å². The van der Waals surface area contributed by atoms with E-state index in [0.29, 0.717) is 18.7 Å². The maximum atomic E-state index is 12.3. The third kappa shape index (κ3) is 5.67. The number of amides is 1. The molecule has 1 N–H and O–H groups in total. The van der Waals surface area contributed by atoms with Gasteiger partial charge in [0.1, 0.15) is 6.04 Å². The molecule has 1 saturated heterocycles. The first-order valence-electron chi connectivity index (χ1n) is 10.8. The standard InChI is InChI=1S/C14H18N2O.C9H15NO3S/c1-9(2)13-12(14(17)10(3)4)11-7-5-6-8-16(11)15-13;1-6(5-14)8(11)10-4-2-3-7(10)9(12)13/h5-10H,1-4H3;6-7,14H,2-5H2,1H3,(H,12,13)/t;6-,7+/m.1/s1. The van der Waals surface area contributed by atoms with Crippen molar-refractivity contribution in [2.45, 2.75) is 59.4 Å². The van der Waals surface area contributed by atoms with Gasteiger partial charge in [0, 0.05) is 30.3 Å². The predicted octanol–water partition coefficient (Wildman–Crippen LogP) is 3.92. The minimum atomic E-state index is -0.901. The first-order valence-corrected chi connectivity index (χ1v) is 11.4. The largest absolute Gasteiger partial charge is 0.480 e. The van der Waals surface area contributed by atoms with Crippen molar-refractivity contribution >= 4 is 35.8 Å². The summed E-state index contributed by atoms with van der Waals surface area (Å²) < 4.78 is 1.80. The highest BCUT2D eigenvalue weighted by Gasteiger charge is 2.35. The van der Waals surface area contributed by atoms with Crippen molar-refractivity contribution in [1.82, 2.24) is 14.5 Å². The number of Topliss-reactive ketones (excluding diaryl/α,β-unsaturated/α-hetero) is 1. The van der Waals surface area contributed by atoms with Crippen molar-refractivity contribution in [3.8, 4) is 0 Å². The molecule has 0 unspecified atom stereocenters. The molecule has 7 nitrogen and oxygen atoms in total. The van der Waals surface area contributed by atoms with Crippen LogP contribution in [0.25, 0.3) is 5.52 Å². The Labute approximate surface area is 189 Å². The molecule has 1 amide bonds. The summed E-state index contributed by atoms with van der Waals surface area (Å²) in [4.78, 5) is 36.3. The zero-order valence-electron chi connectivity index (χ0n) is 18.9. The second kappa shape index (κ2) is 10.8. The van der Waals surface area contributed by atoms with Crippen LogP contribution >= 0.6 is 12.6 Å². The van der Waals surface area contributed by atoms with Gasteiger partial charge in [-0.1, -0.05) is 40.7 Å². The summed E-state index contributed by atoms with van der Waals surface area (Å²) in [6, 6.07) is 5.20. The zero-order valence-corrected chi connectivity index (χ0v) is 19.8. The Hall–Kier alpha value is -2.35. The number of hydrogen-bond donors (Lipinski definition) is 2. The smallest absolute Gasteiger partial charge is 0.326 e. The van der Waals surface area contributed by atoms with Gasteiger partial charge in [0.15, 0.2) is 5.78 Å². The van der Waals surface area contributed by atoms with Crippen LogP contribution in [0.5, 0.6) is 0 Å². The number of pyridine rings is 1. The molecule has 1 fully saturated rings. The van der Waals surface area contributed by atoms with Crippen molar-refractivity contribution in [2.75, 3.05) is 12.3 Å². The molecule has 170 valence electrons. The van der Waals surface area contributed by atoms with Crippen LogP contribution in [0.4, 0.5) is 0 Å². The monoisotopic (exact) mass is 447 g/mol. The average molecular weight is 448 g/mol. The van der Waals surface area contributed by atoms with Crippen LogP contribution in [0.15, 0.2) is 24.4 Å². The van der Waals surface area contributed by atoms with E-state index in [1.807, 2.05) is 38.2 Å². The van der Waals surface area contributed by atoms with Crippen LogP contribution in [0, 0.1) is 11.8 Å². The van der Waals surface area contributed by atoms with Gasteiger partial charge in [-0.25, -0.2) is 9.31 Å². The number of fused-ring (bicyclic) bond motifs is 1. The molecule has 3 rings (SSSR count). The van der Waals surface area contributed by atoms with Crippen LogP contribution in [0.2, 0.25) is 0 Å². The quantitative estimate of drug-likeness (QED) is 0.517. The van der Waals surface area contributed by atoms with Crippen molar-refractivity contribution in [3.05, 3.63) is 35.7 Å². The molecule has 0 aromatic carbocycles. The normalized spacial score (nSPS) is 17.0. The molecule has 0 radical (unpaired) electrons. The van der Waals surface area contributed by atoms with Gasteiger partial charge in [-0.15, -0.1) is 0 Å². The number of rotatable bonds is 6. The van der Waals surface area contributed by atoms with E-state index in [-0.39, 0.29) is 29.4 Å². The molecule has 1 aliphatic heterocycles. The van der Waals surface area contributed by atoms with E-state index in [9.17, 15) is 14.4 Å². The Morgan fingerprint density at radius 1 is 1.19 bits per heavy atom. The first kappa shape index (κ1) is 24.9. The molecule has 1 aliphatic rings. The van der Waals surface area contributed by atoms with Gasteiger partial charge < -0.3 is 10.0 Å². The summed E-state index contributed by atoms with van der Waals surface area (Å²) in [6.07, 6.45) is 3.24. The minimum Gasteiger partial charge on any atom is -0.480 e. The average Bonchev–Trinajstić information content (AvgIpc) is 3.37. The lowest BCUT2D eigenvalue weighted by Crippen LogP contribution is -2.43. The maximum Gasteiger partial charge on any atom is 0.326 e. The number of aliphatic carboxylic acids is 1. The van der Waals surface area contributed by atoms with Gasteiger partial charge in [0.05, 0.1) is 16.8 Å². The first-order chi connectivity index (χ1) is 14.6. The molecule has 0 spiro atoms. The maximum absolute atomic E-state index is 12.3. The van der Waals surface area contributed by atoms with Gasteiger partial charge in [-0.2, -0.15) is 17.7 Å². The number of carbonyl (C=O) groups excluding carboxylic acids is 2. The highest BCUT2D eigenvalue weighted by Crippen LogP contribution is 2.25. The Balaban J connectivity index is 0.000000225. The van der Waals surface area contributed by atoms with E-state index in [4.69, 9.17) is 5.11 Å². The predicted molar refractivity (Wildman–Crippen MR) is 124 cm³/mol. The summed E-state index contributed by atoms with van der Waals surface area (Å²) in [5.74, 6) is -0.296. The second-order valence-corrected chi connectivity index (χ2v) is 8.94. The Morgan fingerprint density at radius 2 is 1.87 bits per heavy atom. The third-order valence-electron chi connectivity index (χ3n) is 5.40. The number of carbonyl (C=O) groups is 3. The fourth-order valence-corrected chi connectivity index (χ4v) is 3.77. The number of carboxylic acids is 1. The Morgan fingerprint density at radius 3 is 2.42 bits per heavy atom. The number of aromatic nitrogens is 2. The van der Waals surface area contributed by atoms with E-state index in [1.54, 1.807) is 11.4 Å². The number of likely N-dealkylation sites (tertiary alicyclic amines) is 1. The molecule has 2 aromatic rings. The van der Waals surface area contributed by atoms with Crippen molar-refractivity contribution in [3.63, 3.8) is 0 Å². The molecular formula is C23H33N3O4S. The molecule has 0 bridgehead atoms. The topological polar surface area (TPSA) is 92.0 Å². The summed E-state index contributed by atoms with van der Waals surface area (Å²) in [5, 5.41) is 13.4. The van der Waals surface area contributed by atoms with Crippen LogP contribution in [0.1, 0.15) is 69.4 Å². The van der Waals surface area contributed by atoms with E-state index >= 15 is 0 Å². The molecule has 3 heterocycles. The Bertz CT molecular complexity index is 938. The zero-order chi connectivity index (χ0) is 23.3. The lowest BCUT2D eigenvalue weighted by Gasteiger charge is -2.24. The van der Waals surface area contributed by atoms with Crippen molar-refractivity contribution in [2.24, 2.45) is 11.8 Å². The molecule has 2 atom stereocenters. The van der Waals surface area contributed by atoms with Crippen LogP contribution < -0.4 is 0 Å². The molecular weight excluding hydrogens is 414 g/mol. The van der Waals surface area contributed by atoms with Crippen molar-refractivity contribution < 1.29 is 19.5 Å². The Kier molecular flexibility index (Phi) is 8.68. The number of ketones is 1. The summed E-state index contributed by atoms with van der Waals surface area (Å²) >= 11 is 4.03. The van der Waals surface area contributed by atoms with Crippen LogP contribution in [-0.4, -0.2) is 55.6 Å². The molecule has 0 aliphatic carbocycles. The highest BCUT2D eigenvalue weighted by atomic mass is 32.1. The summed E-state index contributed by atoms with van der Waals surface area (Å²) in [7, 11) is 0. The minimum absolute atomic E-state index is 0.000654. The van der Waals surface area contributed by atoms with Gasteiger partial charge in [-0.3, -0.25) is 9.59 Å². The fraction of sp³-hybridized carbons (Fsp3) is 0.565. The van der Waals surface area contributed by atoms with Gasteiger partial charge in [0.25, 0.3) is 0 Å². The summed E-state index contributed by atoms with van der Waals surface area (Å²) in [5.41, 5.74) is 2.60. The summed E-state index contributed by atoms with van der Waals surface area (Å²) in [6.45, 7) is 10.3. The van der Waals surface area contributed by atoms with Gasteiger partial charge >= 0.3 is 5.97 Å². The molecule has 2 aromatic heterocycles. The SMILES string of the molecule is CC(C)C(=O)c1c(C(C)C)nn2ccccc12.C[C@H](CS)C(=O)N1CCC[C@H]1C(=O)O. The van der Waals surface area contributed by atoms with Crippen molar-refractivity contribution in [1.29, 1.82) is 0 Å². The number of nitrogens with zero attached hydrogens (tertiary/aromatic N) is 3. The molecule has 31 heavy (non-hydrogen) atoms. The third-order valence-corrected chi connectivity index (χ3v) is 5.95. The van der Waals surface area contributed by atoms with E-state index in [1.165, 1.54) is 4.90 Å². The van der Waals surface area contributed by atoms with E-state index in [0.717, 1.165) is 23.2 Å². The second-order valence-electron chi connectivity index (χ2n) is 8.58. The van der Waals surface area contributed by atoms with Crippen LogP contribution in [0.3, 0.4) is 0 Å². The number of carboxylic acid groups (broad SMARTS) is 1. The van der Waals surface area contributed by atoms with Gasteiger partial charge in [0.2, 0.25) is 5.91 Å².